The second-order valence-electron chi connectivity index (χ2n) is 5.91. The zero-order chi connectivity index (χ0) is 15.4. The van der Waals surface area contributed by atoms with Crippen molar-refractivity contribution in [2.75, 3.05) is 6.54 Å². The van der Waals surface area contributed by atoms with Gasteiger partial charge in [-0.25, -0.2) is 9.59 Å². The highest BCUT2D eigenvalue weighted by Crippen LogP contribution is 2.23. The monoisotopic (exact) mass is 290 g/mol. The van der Waals surface area contributed by atoms with Crippen molar-refractivity contribution in [3.8, 4) is 0 Å². The molecule has 21 heavy (non-hydrogen) atoms. The number of rotatable bonds is 5. The minimum Gasteiger partial charge on any atom is -0.478 e. The van der Waals surface area contributed by atoms with Crippen LogP contribution in [-0.4, -0.2) is 28.6 Å². The van der Waals surface area contributed by atoms with E-state index in [2.05, 4.69) is 19.2 Å². The Morgan fingerprint density at radius 3 is 2.67 bits per heavy atom. The topological polar surface area (TPSA) is 69.6 Å². The van der Waals surface area contributed by atoms with Gasteiger partial charge in [-0.3, -0.25) is 0 Å². The van der Waals surface area contributed by atoms with Gasteiger partial charge in [-0.05, 0) is 42.0 Å². The van der Waals surface area contributed by atoms with Gasteiger partial charge in [0.05, 0.1) is 5.56 Å². The molecule has 1 aliphatic heterocycles. The number of nitrogens with zero attached hydrogens (tertiary/aromatic N) is 1. The second-order valence-corrected chi connectivity index (χ2v) is 5.91. The van der Waals surface area contributed by atoms with Crippen molar-refractivity contribution in [3.63, 3.8) is 0 Å². The first kappa shape index (κ1) is 15.4. The first-order valence-electron chi connectivity index (χ1n) is 7.35. The van der Waals surface area contributed by atoms with Crippen LogP contribution in [0.15, 0.2) is 18.2 Å². The lowest BCUT2D eigenvalue weighted by Crippen LogP contribution is -2.36. The number of carboxylic acids is 1. The summed E-state index contributed by atoms with van der Waals surface area (Å²) in [5, 5.41) is 11.9. The van der Waals surface area contributed by atoms with Crippen molar-refractivity contribution in [1.82, 2.24) is 10.2 Å². The van der Waals surface area contributed by atoms with Crippen LogP contribution in [0, 0.1) is 5.92 Å². The number of hydrogen-bond donors (Lipinski definition) is 2. The van der Waals surface area contributed by atoms with E-state index in [0.717, 1.165) is 24.0 Å². The van der Waals surface area contributed by atoms with Crippen LogP contribution in [0.5, 0.6) is 0 Å². The van der Waals surface area contributed by atoms with Gasteiger partial charge in [0.1, 0.15) is 0 Å². The number of carboxylic acid groups (broad SMARTS) is 1. The van der Waals surface area contributed by atoms with Gasteiger partial charge >= 0.3 is 12.0 Å². The first-order chi connectivity index (χ1) is 9.97. The van der Waals surface area contributed by atoms with E-state index in [1.807, 2.05) is 0 Å². The van der Waals surface area contributed by atoms with Gasteiger partial charge in [-0.15, -0.1) is 0 Å². The van der Waals surface area contributed by atoms with E-state index in [4.69, 9.17) is 5.11 Å². The Morgan fingerprint density at radius 2 is 2.00 bits per heavy atom. The third kappa shape index (κ3) is 3.97. The van der Waals surface area contributed by atoms with Crippen molar-refractivity contribution in [2.45, 2.75) is 39.8 Å². The van der Waals surface area contributed by atoms with Gasteiger partial charge in [0, 0.05) is 19.6 Å². The minimum atomic E-state index is -0.936. The van der Waals surface area contributed by atoms with Gasteiger partial charge in [0.2, 0.25) is 0 Å². The molecule has 0 aliphatic carbocycles. The van der Waals surface area contributed by atoms with Crippen molar-refractivity contribution in [2.24, 2.45) is 5.92 Å². The highest BCUT2D eigenvalue weighted by atomic mass is 16.4. The predicted molar refractivity (Wildman–Crippen MR) is 80.1 cm³/mol. The summed E-state index contributed by atoms with van der Waals surface area (Å²) in [6, 6.07) is 4.96. The molecule has 5 nitrogen and oxygen atoms in total. The number of amides is 2. The molecule has 2 amide bonds. The number of carbonyl (C=O) groups excluding carboxylic acids is 1. The molecule has 2 rings (SSSR count). The fourth-order valence-corrected chi connectivity index (χ4v) is 2.49. The summed E-state index contributed by atoms with van der Waals surface area (Å²) >= 11 is 0. The molecule has 0 bridgehead atoms. The van der Waals surface area contributed by atoms with Gasteiger partial charge in [0.15, 0.2) is 0 Å². The Balaban J connectivity index is 1.87. The molecule has 2 N–H and O–H groups in total. The standard InChI is InChI=1S/C16H22N2O3/c1-11(2)4-3-7-17-16(21)18-9-13-6-5-12(15(19)20)8-14(13)10-18/h5-6,8,11H,3-4,7,9-10H2,1-2H3,(H,17,21)(H,19,20). The number of hydrogen-bond acceptors (Lipinski definition) is 2. The molecule has 114 valence electrons. The summed E-state index contributed by atoms with van der Waals surface area (Å²) in [7, 11) is 0. The third-order valence-corrected chi connectivity index (χ3v) is 3.70. The molecule has 0 saturated heterocycles. The maximum Gasteiger partial charge on any atom is 0.335 e. The highest BCUT2D eigenvalue weighted by molar-refractivity contribution is 5.88. The minimum absolute atomic E-state index is 0.0770. The lowest BCUT2D eigenvalue weighted by molar-refractivity contribution is 0.0696. The zero-order valence-corrected chi connectivity index (χ0v) is 12.6. The van der Waals surface area contributed by atoms with E-state index in [1.54, 1.807) is 23.1 Å². The van der Waals surface area contributed by atoms with Crippen LogP contribution in [0.1, 0.15) is 48.2 Å². The fraction of sp³-hybridized carbons (Fsp3) is 0.500. The molecule has 1 aromatic carbocycles. The average molecular weight is 290 g/mol. The van der Waals surface area contributed by atoms with E-state index in [9.17, 15) is 9.59 Å². The molecule has 1 heterocycles. The normalized spacial score (nSPS) is 13.4. The number of carbonyl (C=O) groups is 2. The Labute approximate surface area is 125 Å². The summed E-state index contributed by atoms with van der Waals surface area (Å²) < 4.78 is 0. The number of benzene rings is 1. The zero-order valence-electron chi connectivity index (χ0n) is 12.6. The van der Waals surface area contributed by atoms with E-state index in [0.29, 0.717) is 25.6 Å². The van der Waals surface area contributed by atoms with Crippen LogP contribution in [0.4, 0.5) is 4.79 Å². The summed E-state index contributed by atoms with van der Waals surface area (Å²) in [5.41, 5.74) is 2.22. The molecular formula is C16H22N2O3. The van der Waals surface area contributed by atoms with Crippen LogP contribution in [0.3, 0.4) is 0 Å². The Morgan fingerprint density at radius 1 is 1.29 bits per heavy atom. The smallest absolute Gasteiger partial charge is 0.335 e. The lowest BCUT2D eigenvalue weighted by Gasteiger charge is -2.16. The Hall–Kier alpha value is -2.04. The van der Waals surface area contributed by atoms with Crippen LogP contribution in [0.25, 0.3) is 0 Å². The van der Waals surface area contributed by atoms with Crippen molar-refractivity contribution >= 4 is 12.0 Å². The summed E-state index contributed by atoms with van der Waals surface area (Å²) in [5.74, 6) is -0.290. The largest absolute Gasteiger partial charge is 0.478 e. The van der Waals surface area contributed by atoms with E-state index in [1.165, 1.54) is 0 Å². The summed E-state index contributed by atoms with van der Waals surface area (Å²) in [4.78, 5) is 24.7. The predicted octanol–water partition coefficient (Wildman–Crippen LogP) is 2.85. The highest BCUT2D eigenvalue weighted by Gasteiger charge is 2.23. The molecule has 1 aliphatic rings. The van der Waals surface area contributed by atoms with Crippen LogP contribution < -0.4 is 5.32 Å². The molecule has 0 fully saturated rings. The van der Waals surface area contributed by atoms with Crippen LogP contribution in [-0.2, 0) is 13.1 Å². The molecule has 0 aromatic heterocycles. The Bertz CT molecular complexity index is 540. The molecule has 0 saturated carbocycles. The fourth-order valence-electron chi connectivity index (χ4n) is 2.49. The lowest BCUT2D eigenvalue weighted by atomic mass is 10.1. The molecule has 1 aromatic rings. The first-order valence-corrected chi connectivity index (χ1v) is 7.35. The second kappa shape index (κ2) is 6.61. The van der Waals surface area contributed by atoms with Gasteiger partial charge in [-0.2, -0.15) is 0 Å². The van der Waals surface area contributed by atoms with E-state index < -0.39 is 5.97 Å². The molecular weight excluding hydrogens is 268 g/mol. The molecule has 5 heteroatoms. The van der Waals surface area contributed by atoms with Gasteiger partial charge < -0.3 is 15.3 Å². The van der Waals surface area contributed by atoms with Crippen molar-refractivity contribution < 1.29 is 14.7 Å². The van der Waals surface area contributed by atoms with Crippen molar-refractivity contribution in [1.29, 1.82) is 0 Å². The third-order valence-electron chi connectivity index (χ3n) is 3.70. The SMILES string of the molecule is CC(C)CCCNC(=O)N1Cc2ccc(C(=O)O)cc2C1. The molecule has 0 radical (unpaired) electrons. The maximum atomic E-state index is 12.1. The molecule has 0 atom stereocenters. The summed E-state index contributed by atoms with van der Waals surface area (Å²) in [6.07, 6.45) is 2.08. The Kier molecular flexibility index (Phi) is 4.83. The number of urea groups is 1. The maximum absolute atomic E-state index is 12.1. The quantitative estimate of drug-likeness (QED) is 0.819. The van der Waals surface area contributed by atoms with Crippen molar-refractivity contribution in [3.05, 3.63) is 34.9 Å². The van der Waals surface area contributed by atoms with E-state index >= 15 is 0 Å². The van der Waals surface area contributed by atoms with Gasteiger partial charge in [0.25, 0.3) is 0 Å². The number of fused-ring (bicyclic) bond motifs is 1. The molecule has 0 spiro atoms. The summed E-state index contributed by atoms with van der Waals surface area (Å²) in [6.45, 7) is 6.04. The van der Waals surface area contributed by atoms with Crippen LogP contribution in [0.2, 0.25) is 0 Å². The van der Waals surface area contributed by atoms with E-state index in [-0.39, 0.29) is 11.6 Å². The number of nitrogens with one attached hydrogen (secondary N) is 1. The average Bonchev–Trinajstić information content (AvgIpc) is 2.85. The number of aromatic carboxylic acids is 1. The van der Waals surface area contributed by atoms with Gasteiger partial charge in [-0.1, -0.05) is 19.9 Å². The molecule has 0 unspecified atom stereocenters. The van der Waals surface area contributed by atoms with Crippen LogP contribution >= 0.6 is 0 Å².